The van der Waals surface area contributed by atoms with E-state index in [1.807, 2.05) is 0 Å². The normalized spacial score (nSPS) is 18.6. The summed E-state index contributed by atoms with van der Waals surface area (Å²) in [6.45, 7) is -0.480. The van der Waals surface area contributed by atoms with Crippen LogP contribution in [-0.4, -0.2) is 51.8 Å². The van der Waals surface area contributed by atoms with Crippen molar-refractivity contribution in [2.24, 2.45) is 5.92 Å². The Bertz CT molecular complexity index is 859. The molecule has 156 valence electrons. The fourth-order valence-corrected chi connectivity index (χ4v) is 4.06. The molecular formula is C15H16F6N4O2S. The number of hydrogen-bond acceptors (Lipinski definition) is 5. The summed E-state index contributed by atoms with van der Waals surface area (Å²) in [6.07, 6.45) is -10.4. The van der Waals surface area contributed by atoms with Crippen molar-refractivity contribution in [1.29, 1.82) is 0 Å². The predicted octanol–water partition coefficient (Wildman–Crippen LogP) is 3.30. The molecule has 1 aliphatic heterocycles. The van der Waals surface area contributed by atoms with Crippen molar-refractivity contribution in [3.63, 3.8) is 0 Å². The molecule has 0 aliphatic carbocycles. The van der Waals surface area contributed by atoms with E-state index in [0.29, 0.717) is 15.9 Å². The molecular weight excluding hydrogens is 414 g/mol. The van der Waals surface area contributed by atoms with Gasteiger partial charge in [0.05, 0.1) is 18.8 Å². The molecule has 28 heavy (non-hydrogen) atoms. The van der Waals surface area contributed by atoms with Crippen LogP contribution in [-0.2, 0) is 28.7 Å². The van der Waals surface area contributed by atoms with Gasteiger partial charge in [-0.2, -0.15) is 36.0 Å². The summed E-state index contributed by atoms with van der Waals surface area (Å²) in [6, 6.07) is 0. The Labute approximate surface area is 159 Å². The SMILES string of the molecule is COCCc1nn2c(C(F)(F)F)c(CN3CC(CC(F)(F)F)CC3=O)nc2s1. The fourth-order valence-electron chi connectivity index (χ4n) is 3.17. The average molecular weight is 430 g/mol. The molecule has 0 N–H and O–H groups in total. The monoisotopic (exact) mass is 430 g/mol. The third kappa shape index (κ3) is 4.57. The summed E-state index contributed by atoms with van der Waals surface area (Å²) in [4.78, 5) is 16.9. The fraction of sp³-hybridized carbons (Fsp3) is 0.667. The first kappa shape index (κ1) is 20.8. The molecule has 0 saturated carbocycles. The van der Waals surface area contributed by atoms with Gasteiger partial charge in [-0.15, -0.1) is 0 Å². The summed E-state index contributed by atoms with van der Waals surface area (Å²) in [5.41, 5.74) is -1.54. The lowest BCUT2D eigenvalue weighted by molar-refractivity contribution is -0.144. The highest BCUT2D eigenvalue weighted by Crippen LogP contribution is 2.36. The van der Waals surface area contributed by atoms with Gasteiger partial charge in [0, 0.05) is 32.9 Å². The minimum atomic E-state index is -4.78. The molecule has 2 aromatic rings. The Morgan fingerprint density at radius 3 is 2.57 bits per heavy atom. The number of alkyl halides is 6. The third-order valence-electron chi connectivity index (χ3n) is 4.26. The number of ether oxygens (including phenoxy) is 1. The summed E-state index contributed by atoms with van der Waals surface area (Å²) in [5, 5.41) is 4.32. The van der Waals surface area contributed by atoms with Crippen LogP contribution in [0, 0.1) is 5.92 Å². The van der Waals surface area contributed by atoms with Gasteiger partial charge in [-0.25, -0.2) is 4.98 Å². The minimum absolute atomic E-state index is 0.00640. The lowest BCUT2D eigenvalue weighted by atomic mass is 10.1. The maximum atomic E-state index is 13.6. The molecule has 6 nitrogen and oxygen atoms in total. The molecule has 2 aromatic heterocycles. The number of imidazole rings is 1. The first-order valence-electron chi connectivity index (χ1n) is 8.26. The quantitative estimate of drug-likeness (QED) is 0.660. The summed E-state index contributed by atoms with van der Waals surface area (Å²) >= 11 is 0.964. The van der Waals surface area contributed by atoms with Crippen LogP contribution < -0.4 is 0 Å². The van der Waals surface area contributed by atoms with Gasteiger partial charge in [0.25, 0.3) is 0 Å². The molecule has 1 unspecified atom stereocenters. The van der Waals surface area contributed by atoms with E-state index >= 15 is 0 Å². The molecule has 1 atom stereocenters. The lowest BCUT2D eigenvalue weighted by Crippen LogP contribution is -2.27. The first-order chi connectivity index (χ1) is 13.0. The minimum Gasteiger partial charge on any atom is -0.384 e. The van der Waals surface area contributed by atoms with Gasteiger partial charge in [0.15, 0.2) is 5.69 Å². The Hall–Kier alpha value is -1.89. The zero-order valence-electron chi connectivity index (χ0n) is 14.6. The number of methoxy groups -OCH3 is 1. The summed E-state index contributed by atoms with van der Waals surface area (Å²) < 4.78 is 83.8. The van der Waals surface area contributed by atoms with Crippen LogP contribution in [0.1, 0.15) is 29.2 Å². The Balaban J connectivity index is 1.84. The third-order valence-corrected chi connectivity index (χ3v) is 5.23. The van der Waals surface area contributed by atoms with Gasteiger partial charge < -0.3 is 9.64 Å². The van der Waals surface area contributed by atoms with E-state index in [0.717, 1.165) is 16.2 Å². The van der Waals surface area contributed by atoms with E-state index in [-0.39, 0.29) is 24.5 Å². The summed E-state index contributed by atoms with van der Waals surface area (Å²) in [7, 11) is 1.46. The molecule has 0 bridgehead atoms. The largest absolute Gasteiger partial charge is 0.435 e. The molecule has 3 rings (SSSR count). The number of fused-ring (bicyclic) bond motifs is 1. The van der Waals surface area contributed by atoms with Crippen LogP contribution in [0.15, 0.2) is 0 Å². The zero-order valence-corrected chi connectivity index (χ0v) is 15.4. The van der Waals surface area contributed by atoms with Crippen LogP contribution in [0.3, 0.4) is 0 Å². The number of carbonyl (C=O) groups is 1. The number of hydrogen-bond donors (Lipinski definition) is 0. The van der Waals surface area contributed by atoms with E-state index in [4.69, 9.17) is 4.74 Å². The topological polar surface area (TPSA) is 59.7 Å². The van der Waals surface area contributed by atoms with E-state index in [2.05, 4.69) is 10.1 Å². The van der Waals surface area contributed by atoms with E-state index in [1.54, 1.807) is 0 Å². The van der Waals surface area contributed by atoms with Crippen molar-refractivity contribution in [3.05, 3.63) is 16.4 Å². The number of amides is 1. The Morgan fingerprint density at radius 2 is 1.96 bits per heavy atom. The molecule has 1 amide bonds. The molecule has 3 heterocycles. The van der Waals surface area contributed by atoms with Crippen molar-refractivity contribution in [3.8, 4) is 0 Å². The van der Waals surface area contributed by atoms with Crippen LogP contribution in [0.4, 0.5) is 26.3 Å². The smallest absolute Gasteiger partial charge is 0.384 e. The molecule has 1 saturated heterocycles. The molecule has 0 radical (unpaired) electrons. The second kappa shape index (κ2) is 7.50. The van der Waals surface area contributed by atoms with Gasteiger partial charge in [0.1, 0.15) is 5.01 Å². The van der Waals surface area contributed by atoms with E-state index in [9.17, 15) is 31.1 Å². The maximum absolute atomic E-state index is 13.6. The second-order valence-corrected chi connectivity index (χ2v) is 7.54. The van der Waals surface area contributed by atoms with Gasteiger partial charge in [0.2, 0.25) is 10.9 Å². The Kier molecular flexibility index (Phi) is 5.58. The molecule has 1 aliphatic rings. The number of likely N-dealkylation sites (tertiary alicyclic amines) is 1. The lowest BCUT2D eigenvalue weighted by Gasteiger charge is -2.17. The van der Waals surface area contributed by atoms with Gasteiger partial charge in [-0.1, -0.05) is 11.3 Å². The van der Waals surface area contributed by atoms with E-state index in [1.165, 1.54) is 7.11 Å². The van der Waals surface area contributed by atoms with Crippen molar-refractivity contribution in [2.45, 2.75) is 38.2 Å². The average Bonchev–Trinajstić information content (AvgIpc) is 3.15. The number of carbonyl (C=O) groups excluding carboxylic acids is 1. The second-order valence-electron chi connectivity index (χ2n) is 6.50. The molecule has 0 aromatic carbocycles. The highest BCUT2D eigenvalue weighted by molar-refractivity contribution is 7.16. The van der Waals surface area contributed by atoms with Crippen LogP contribution in [0.5, 0.6) is 0 Å². The van der Waals surface area contributed by atoms with Crippen molar-refractivity contribution in [2.75, 3.05) is 20.3 Å². The predicted molar refractivity (Wildman–Crippen MR) is 85.6 cm³/mol. The maximum Gasteiger partial charge on any atom is 0.435 e. The van der Waals surface area contributed by atoms with Crippen LogP contribution >= 0.6 is 11.3 Å². The van der Waals surface area contributed by atoms with E-state index < -0.39 is 48.5 Å². The number of nitrogens with zero attached hydrogens (tertiary/aromatic N) is 4. The zero-order chi connectivity index (χ0) is 20.7. The van der Waals surface area contributed by atoms with Crippen molar-refractivity contribution >= 4 is 22.2 Å². The Morgan fingerprint density at radius 1 is 1.25 bits per heavy atom. The summed E-state index contributed by atoms with van der Waals surface area (Å²) in [5.74, 6) is -1.59. The van der Waals surface area contributed by atoms with Crippen LogP contribution in [0.2, 0.25) is 0 Å². The van der Waals surface area contributed by atoms with Gasteiger partial charge >= 0.3 is 12.4 Å². The van der Waals surface area contributed by atoms with Crippen molar-refractivity contribution in [1.82, 2.24) is 19.5 Å². The molecule has 13 heteroatoms. The molecule has 0 spiro atoms. The van der Waals surface area contributed by atoms with Crippen molar-refractivity contribution < 1.29 is 35.9 Å². The number of rotatable bonds is 6. The number of halogens is 6. The standard InChI is InChI=1S/C15H16F6N4O2S/c1-27-3-2-10-23-25-12(15(19,20)21)9(22-13(25)28-10)7-24-6-8(4-11(24)26)5-14(16,17)18/h8H,2-7H2,1H3. The first-order valence-corrected chi connectivity index (χ1v) is 9.07. The van der Waals surface area contributed by atoms with Gasteiger partial charge in [-0.3, -0.25) is 4.79 Å². The molecule has 1 fully saturated rings. The highest BCUT2D eigenvalue weighted by atomic mass is 32.1. The number of aromatic nitrogens is 3. The van der Waals surface area contributed by atoms with Gasteiger partial charge in [-0.05, 0) is 5.92 Å². The highest BCUT2D eigenvalue weighted by Gasteiger charge is 2.42. The van der Waals surface area contributed by atoms with Crippen LogP contribution in [0.25, 0.3) is 4.96 Å².